The van der Waals surface area contributed by atoms with Crippen molar-refractivity contribution in [1.29, 1.82) is 0 Å². The zero-order valence-corrected chi connectivity index (χ0v) is 20.1. The number of alkyl halides is 3. The Labute approximate surface area is 201 Å². The summed E-state index contributed by atoms with van der Waals surface area (Å²) >= 11 is 0. The number of methoxy groups -OCH3 is 1. The number of esters is 1. The highest BCUT2D eigenvalue weighted by molar-refractivity contribution is 6.11. The fourth-order valence-electron chi connectivity index (χ4n) is 4.04. The molecule has 2 aromatic rings. The Balaban J connectivity index is 2.09. The van der Waals surface area contributed by atoms with Crippen LogP contribution in [-0.2, 0) is 26.3 Å². The first kappa shape index (κ1) is 26.0. The van der Waals surface area contributed by atoms with Gasteiger partial charge in [0.05, 0.1) is 13.7 Å². The first-order chi connectivity index (χ1) is 16.2. The molecule has 2 aromatic carbocycles. The predicted molar refractivity (Wildman–Crippen MR) is 123 cm³/mol. The molecule has 1 unspecified atom stereocenters. The van der Waals surface area contributed by atoms with Gasteiger partial charge in [0.2, 0.25) is 0 Å². The Morgan fingerprint density at radius 3 is 2.06 bits per heavy atom. The van der Waals surface area contributed by atoms with E-state index in [2.05, 4.69) is 4.74 Å². The van der Waals surface area contributed by atoms with Crippen LogP contribution in [-0.4, -0.2) is 41.5 Å². The van der Waals surface area contributed by atoms with E-state index in [9.17, 15) is 27.6 Å². The van der Waals surface area contributed by atoms with Gasteiger partial charge in [-0.05, 0) is 35.6 Å². The molecule has 0 bridgehead atoms. The lowest BCUT2D eigenvalue weighted by Crippen LogP contribution is -2.66. The molecular formula is C26H27F3N2O4. The lowest BCUT2D eigenvalue weighted by Gasteiger charge is -2.33. The van der Waals surface area contributed by atoms with E-state index < -0.39 is 35.1 Å². The molecule has 9 heteroatoms. The van der Waals surface area contributed by atoms with Crippen LogP contribution < -0.4 is 5.32 Å². The molecule has 35 heavy (non-hydrogen) atoms. The minimum atomic E-state index is -5.33. The number of nitrogens with one attached hydrogen (secondary N) is 1. The molecule has 0 radical (unpaired) electrons. The van der Waals surface area contributed by atoms with Gasteiger partial charge in [-0.3, -0.25) is 9.59 Å². The topological polar surface area (TPSA) is 75.7 Å². The number of amides is 2. The molecule has 3 rings (SSSR count). The van der Waals surface area contributed by atoms with Gasteiger partial charge in [0.1, 0.15) is 5.57 Å². The average molecular weight is 489 g/mol. The van der Waals surface area contributed by atoms with Crippen molar-refractivity contribution in [2.45, 2.75) is 51.4 Å². The molecule has 1 atom stereocenters. The summed E-state index contributed by atoms with van der Waals surface area (Å²) in [4.78, 5) is 39.9. The van der Waals surface area contributed by atoms with E-state index in [4.69, 9.17) is 0 Å². The summed E-state index contributed by atoms with van der Waals surface area (Å²) in [7, 11) is 0.918. The number of hydrogen-bond acceptors (Lipinski definition) is 4. The number of hydrogen-bond donors (Lipinski definition) is 1. The van der Waals surface area contributed by atoms with Crippen molar-refractivity contribution in [2.75, 3.05) is 7.11 Å². The highest BCUT2D eigenvalue weighted by atomic mass is 19.4. The molecule has 6 nitrogen and oxygen atoms in total. The number of ether oxygens (including phenoxy) is 1. The van der Waals surface area contributed by atoms with Crippen LogP contribution in [0.5, 0.6) is 0 Å². The summed E-state index contributed by atoms with van der Waals surface area (Å²) < 4.78 is 48.7. The van der Waals surface area contributed by atoms with Crippen molar-refractivity contribution in [3.05, 3.63) is 82.6 Å². The largest absolute Gasteiger partial charge is 0.466 e. The van der Waals surface area contributed by atoms with E-state index in [1.165, 1.54) is 19.1 Å². The van der Waals surface area contributed by atoms with Gasteiger partial charge >= 0.3 is 12.1 Å². The molecule has 0 saturated carbocycles. The molecular weight excluding hydrogens is 461 g/mol. The van der Waals surface area contributed by atoms with E-state index >= 15 is 0 Å². The molecule has 0 spiro atoms. The number of halogens is 3. The van der Waals surface area contributed by atoms with Crippen LogP contribution in [0.1, 0.15) is 49.2 Å². The van der Waals surface area contributed by atoms with Crippen LogP contribution in [0.15, 0.2) is 65.9 Å². The Bertz CT molecular complexity index is 1170. The van der Waals surface area contributed by atoms with Crippen LogP contribution in [0.4, 0.5) is 13.2 Å². The van der Waals surface area contributed by atoms with Gasteiger partial charge in [-0.2, -0.15) is 13.2 Å². The van der Waals surface area contributed by atoms with Crippen LogP contribution in [0.2, 0.25) is 0 Å². The van der Waals surface area contributed by atoms with E-state index in [-0.39, 0.29) is 23.2 Å². The minimum absolute atomic E-state index is 0.0854. The lowest BCUT2D eigenvalue weighted by molar-refractivity contribution is -0.192. The minimum Gasteiger partial charge on any atom is -0.466 e. The molecule has 1 N–H and O–H groups in total. The molecule has 1 aliphatic rings. The van der Waals surface area contributed by atoms with Gasteiger partial charge in [-0.25, -0.2) is 4.79 Å². The average Bonchev–Trinajstić information content (AvgIpc) is 3.00. The van der Waals surface area contributed by atoms with E-state index in [0.717, 1.165) is 17.6 Å². The van der Waals surface area contributed by atoms with Gasteiger partial charge in [0.25, 0.3) is 17.4 Å². The molecule has 1 heterocycles. The van der Waals surface area contributed by atoms with Gasteiger partial charge in [0.15, 0.2) is 0 Å². The monoisotopic (exact) mass is 488 g/mol. The van der Waals surface area contributed by atoms with Crippen molar-refractivity contribution in [1.82, 2.24) is 10.2 Å². The van der Waals surface area contributed by atoms with Gasteiger partial charge in [-0.1, -0.05) is 63.2 Å². The molecule has 0 fully saturated rings. The highest BCUT2D eigenvalue weighted by Gasteiger charge is 2.70. The second kappa shape index (κ2) is 9.20. The summed E-state index contributed by atoms with van der Waals surface area (Å²) in [6.45, 7) is 6.87. The van der Waals surface area contributed by atoms with Crippen LogP contribution in [0.25, 0.3) is 0 Å². The van der Waals surface area contributed by atoms with E-state index in [1.807, 2.05) is 26.1 Å². The Morgan fingerprint density at radius 2 is 1.57 bits per heavy atom. The van der Waals surface area contributed by atoms with E-state index in [1.54, 1.807) is 42.5 Å². The van der Waals surface area contributed by atoms with Crippen LogP contribution >= 0.6 is 0 Å². The lowest BCUT2D eigenvalue weighted by atomic mass is 9.86. The molecule has 0 aliphatic carbocycles. The summed E-state index contributed by atoms with van der Waals surface area (Å²) in [5.41, 5.74) is -3.71. The molecule has 0 aromatic heterocycles. The summed E-state index contributed by atoms with van der Waals surface area (Å²) in [6.07, 6.45) is -5.33. The number of rotatable bonds is 5. The molecule has 186 valence electrons. The maximum Gasteiger partial charge on any atom is 0.425 e. The van der Waals surface area contributed by atoms with Crippen LogP contribution in [0.3, 0.4) is 0 Å². The number of carbonyl (C=O) groups is 3. The molecule has 2 amide bonds. The maximum absolute atomic E-state index is 14.7. The number of nitrogens with zero attached hydrogens (tertiary/aromatic N) is 1. The smallest absolute Gasteiger partial charge is 0.425 e. The molecule has 0 saturated heterocycles. The fraction of sp³-hybridized carbons (Fsp3) is 0.346. The Morgan fingerprint density at radius 1 is 1.00 bits per heavy atom. The van der Waals surface area contributed by atoms with Gasteiger partial charge in [-0.15, -0.1) is 0 Å². The SMILES string of the molecule is COC(=O)C1=C(C)N(Cc2ccccc2)C(=O)C1(NC(=O)c1ccc(C(C)(C)C)cc1)C(F)(F)F. The first-order valence-corrected chi connectivity index (χ1v) is 10.9. The zero-order chi connectivity index (χ0) is 26.2. The first-order valence-electron chi connectivity index (χ1n) is 10.9. The van der Waals surface area contributed by atoms with Crippen molar-refractivity contribution < 1.29 is 32.3 Å². The summed E-state index contributed by atoms with van der Waals surface area (Å²) in [6, 6.07) is 14.4. The summed E-state index contributed by atoms with van der Waals surface area (Å²) in [5, 5.41) is 1.85. The third kappa shape index (κ3) is 4.67. The van der Waals surface area contributed by atoms with Crippen LogP contribution in [0, 0.1) is 0 Å². The third-order valence-electron chi connectivity index (χ3n) is 6.02. The van der Waals surface area contributed by atoms with Crippen molar-refractivity contribution >= 4 is 17.8 Å². The van der Waals surface area contributed by atoms with Gasteiger partial charge in [0, 0.05) is 11.3 Å². The van der Waals surface area contributed by atoms with Crippen molar-refractivity contribution in [2.24, 2.45) is 0 Å². The zero-order valence-electron chi connectivity index (χ0n) is 20.1. The Kier molecular flexibility index (Phi) is 6.83. The fourth-order valence-corrected chi connectivity index (χ4v) is 4.04. The standard InChI is InChI=1S/C26H27F3N2O4/c1-16-20(22(33)35-5)25(26(27,28)29,23(34)31(16)15-17-9-7-6-8-10-17)30-21(32)18-11-13-19(14-12-18)24(2,3)4/h6-14H,15H2,1-5H3,(H,30,32). The number of allylic oxidation sites excluding steroid dienone is 1. The number of benzene rings is 2. The van der Waals surface area contributed by atoms with Gasteiger partial charge < -0.3 is 15.0 Å². The van der Waals surface area contributed by atoms with E-state index in [0.29, 0.717) is 5.56 Å². The maximum atomic E-state index is 14.7. The Hall–Kier alpha value is -3.62. The van der Waals surface area contributed by atoms with Crippen molar-refractivity contribution in [3.8, 4) is 0 Å². The summed E-state index contributed by atoms with van der Waals surface area (Å²) in [5.74, 6) is -3.98. The second-order valence-electron chi connectivity index (χ2n) is 9.36. The second-order valence-corrected chi connectivity index (χ2v) is 9.36. The molecule has 1 aliphatic heterocycles. The third-order valence-corrected chi connectivity index (χ3v) is 6.02. The van der Waals surface area contributed by atoms with Crippen molar-refractivity contribution in [3.63, 3.8) is 0 Å². The highest BCUT2D eigenvalue weighted by Crippen LogP contribution is 2.45. The quantitative estimate of drug-likeness (QED) is 0.629. The normalized spacial score (nSPS) is 18.6. The number of carbonyl (C=O) groups excluding carboxylic acids is 3. The predicted octanol–water partition coefficient (Wildman–Crippen LogP) is 4.50.